The summed E-state index contributed by atoms with van der Waals surface area (Å²) in [6.45, 7) is 1.76. The van der Waals surface area contributed by atoms with Crippen LogP contribution in [0.2, 0.25) is 0 Å². The Morgan fingerprint density at radius 3 is 1.82 bits per heavy atom. The Morgan fingerprint density at radius 2 is 1.27 bits per heavy atom. The van der Waals surface area contributed by atoms with Crippen LogP contribution in [-0.4, -0.2) is 30.1 Å². The Bertz CT molecular complexity index is 1740. The van der Waals surface area contributed by atoms with Gasteiger partial charge in [-0.2, -0.15) is 4.31 Å². The Kier molecular flexibility index (Phi) is 7.68. The Morgan fingerprint density at radius 1 is 0.750 bits per heavy atom. The molecular weight excluding hydrogens is 542 g/mol. The van der Waals surface area contributed by atoms with Gasteiger partial charge in [0.1, 0.15) is 5.75 Å². The first-order valence-electron chi connectivity index (χ1n) is 11.4. The first-order chi connectivity index (χ1) is 19.0. The fraction of sp³-hybridized carbons (Fsp3) is 0.0370. The standard InChI is InChI=1S/C27H19N3O9S/c1-18-8-14-25(15-9-18)40(37,38)28(26(31)19-4-2-6-22(16-19)29(33)34)21-10-12-24(13-11-21)39-27(32)20-5-3-7-23(17-20)30(35)36/h2-17H,1H3. The number of ether oxygens (including phenoxy) is 1. The first kappa shape index (κ1) is 27.6. The van der Waals surface area contributed by atoms with Crippen LogP contribution >= 0.6 is 0 Å². The molecule has 0 bridgehead atoms. The highest BCUT2D eigenvalue weighted by molar-refractivity contribution is 7.93. The number of nitro benzene ring substituents is 2. The van der Waals surface area contributed by atoms with Gasteiger partial charge in [-0.15, -0.1) is 0 Å². The third-order valence-corrected chi connectivity index (χ3v) is 7.35. The molecule has 0 aliphatic heterocycles. The van der Waals surface area contributed by atoms with E-state index in [-0.39, 0.29) is 33.1 Å². The Balaban J connectivity index is 1.71. The molecule has 0 unspecified atom stereocenters. The van der Waals surface area contributed by atoms with Crippen molar-refractivity contribution < 1.29 is 32.6 Å². The van der Waals surface area contributed by atoms with Crippen molar-refractivity contribution in [3.05, 3.63) is 134 Å². The lowest BCUT2D eigenvalue weighted by molar-refractivity contribution is -0.385. The number of carbonyl (C=O) groups excluding carboxylic acids is 2. The van der Waals surface area contributed by atoms with Crippen LogP contribution in [0.15, 0.2) is 102 Å². The molecule has 202 valence electrons. The van der Waals surface area contributed by atoms with Gasteiger partial charge >= 0.3 is 5.97 Å². The average Bonchev–Trinajstić information content (AvgIpc) is 2.94. The van der Waals surface area contributed by atoms with E-state index >= 15 is 0 Å². The van der Waals surface area contributed by atoms with Crippen LogP contribution in [0.1, 0.15) is 26.3 Å². The second-order valence-corrected chi connectivity index (χ2v) is 10.2. The highest BCUT2D eigenvalue weighted by atomic mass is 32.2. The van der Waals surface area contributed by atoms with Crippen molar-refractivity contribution in [2.24, 2.45) is 0 Å². The van der Waals surface area contributed by atoms with Crippen LogP contribution in [0.4, 0.5) is 17.1 Å². The largest absolute Gasteiger partial charge is 0.423 e. The highest BCUT2D eigenvalue weighted by Crippen LogP contribution is 2.29. The summed E-state index contributed by atoms with van der Waals surface area (Å²) >= 11 is 0. The van der Waals surface area contributed by atoms with Crippen molar-refractivity contribution in [3.63, 3.8) is 0 Å². The molecule has 0 atom stereocenters. The van der Waals surface area contributed by atoms with Crippen LogP contribution < -0.4 is 9.04 Å². The van der Waals surface area contributed by atoms with Crippen molar-refractivity contribution in [1.29, 1.82) is 0 Å². The summed E-state index contributed by atoms with van der Waals surface area (Å²) in [7, 11) is -4.50. The number of amides is 1. The zero-order valence-corrected chi connectivity index (χ0v) is 21.5. The second kappa shape index (κ2) is 11.1. The number of nitro groups is 2. The molecule has 0 spiro atoms. The smallest absolute Gasteiger partial charge is 0.343 e. The number of benzene rings is 4. The lowest BCUT2D eigenvalue weighted by Crippen LogP contribution is -2.37. The molecule has 0 radical (unpaired) electrons. The maximum Gasteiger partial charge on any atom is 0.343 e. The van der Waals surface area contributed by atoms with Gasteiger partial charge < -0.3 is 4.74 Å². The van der Waals surface area contributed by atoms with Gasteiger partial charge in [0.25, 0.3) is 27.3 Å². The summed E-state index contributed by atoms with van der Waals surface area (Å²) < 4.78 is 33.0. The molecule has 40 heavy (non-hydrogen) atoms. The van der Waals surface area contributed by atoms with Crippen LogP contribution in [-0.2, 0) is 10.0 Å². The molecule has 0 saturated heterocycles. The molecule has 12 nitrogen and oxygen atoms in total. The van der Waals surface area contributed by atoms with E-state index in [0.29, 0.717) is 4.31 Å². The maximum atomic E-state index is 13.6. The summed E-state index contributed by atoms with van der Waals surface area (Å²) in [6, 6.07) is 20.2. The SMILES string of the molecule is Cc1ccc(S(=O)(=O)N(C(=O)c2cccc([N+](=O)[O-])c2)c2ccc(OC(=O)c3cccc([N+](=O)[O-])c3)cc2)cc1. The molecule has 1 amide bonds. The van der Waals surface area contributed by atoms with Crippen molar-refractivity contribution in [1.82, 2.24) is 0 Å². The van der Waals surface area contributed by atoms with Crippen LogP contribution in [0.5, 0.6) is 5.75 Å². The number of anilines is 1. The van der Waals surface area contributed by atoms with E-state index in [4.69, 9.17) is 4.74 Å². The first-order valence-corrected chi connectivity index (χ1v) is 12.9. The lowest BCUT2D eigenvalue weighted by Gasteiger charge is -2.23. The summed E-state index contributed by atoms with van der Waals surface area (Å²) in [5.41, 5.74) is -0.380. The predicted octanol–water partition coefficient (Wildman–Crippen LogP) is 5.07. The van der Waals surface area contributed by atoms with E-state index in [1.54, 1.807) is 19.1 Å². The summed E-state index contributed by atoms with van der Waals surface area (Å²) in [6.07, 6.45) is 0. The van der Waals surface area contributed by atoms with Gasteiger partial charge in [0.15, 0.2) is 0 Å². The zero-order chi connectivity index (χ0) is 29.0. The zero-order valence-electron chi connectivity index (χ0n) is 20.7. The molecule has 0 saturated carbocycles. The van der Waals surface area contributed by atoms with E-state index < -0.39 is 37.4 Å². The van der Waals surface area contributed by atoms with Gasteiger partial charge in [-0.05, 0) is 55.5 Å². The minimum Gasteiger partial charge on any atom is -0.423 e. The van der Waals surface area contributed by atoms with E-state index in [2.05, 4.69) is 0 Å². The summed E-state index contributed by atoms with van der Waals surface area (Å²) in [5, 5.41) is 22.2. The van der Waals surface area contributed by atoms with Crippen molar-refractivity contribution in [3.8, 4) is 5.75 Å². The number of sulfonamides is 1. The number of esters is 1. The summed E-state index contributed by atoms with van der Waals surface area (Å²) in [4.78, 5) is 46.7. The molecule has 0 fully saturated rings. The highest BCUT2D eigenvalue weighted by Gasteiger charge is 2.32. The minimum atomic E-state index is -4.50. The van der Waals surface area contributed by atoms with Crippen LogP contribution in [0, 0.1) is 27.2 Å². The van der Waals surface area contributed by atoms with Gasteiger partial charge in [-0.1, -0.05) is 29.8 Å². The molecule has 0 aliphatic rings. The van der Waals surface area contributed by atoms with E-state index in [9.17, 15) is 38.2 Å². The molecule has 4 aromatic carbocycles. The molecular formula is C27H19N3O9S. The third kappa shape index (κ3) is 5.84. The monoisotopic (exact) mass is 561 g/mol. The lowest BCUT2D eigenvalue weighted by atomic mass is 10.2. The molecule has 4 aromatic rings. The number of hydrogen-bond acceptors (Lipinski definition) is 9. The van der Waals surface area contributed by atoms with Crippen molar-refractivity contribution >= 4 is 39.0 Å². The fourth-order valence-electron chi connectivity index (χ4n) is 3.61. The van der Waals surface area contributed by atoms with E-state index in [1.807, 2.05) is 0 Å². The van der Waals surface area contributed by atoms with E-state index in [1.165, 1.54) is 72.8 Å². The van der Waals surface area contributed by atoms with Gasteiger partial charge in [0.05, 0.1) is 26.0 Å². The minimum absolute atomic E-state index is 0.0317. The van der Waals surface area contributed by atoms with Crippen LogP contribution in [0.25, 0.3) is 0 Å². The number of hydrogen-bond donors (Lipinski definition) is 0. The molecule has 0 heterocycles. The average molecular weight is 562 g/mol. The third-order valence-electron chi connectivity index (χ3n) is 5.62. The second-order valence-electron chi connectivity index (χ2n) is 8.39. The number of non-ortho nitro benzene ring substituents is 2. The normalized spacial score (nSPS) is 10.9. The topological polar surface area (TPSA) is 167 Å². The quantitative estimate of drug-likeness (QED) is 0.123. The predicted molar refractivity (Wildman–Crippen MR) is 143 cm³/mol. The van der Waals surface area contributed by atoms with Gasteiger partial charge in [-0.25, -0.2) is 13.2 Å². The molecule has 0 aromatic heterocycles. The van der Waals surface area contributed by atoms with Crippen LogP contribution in [0.3, 0.4) is 0 Å². The van der Waals surface area contributed by atoms with Gasteiger partial charge in [0, 0.05) is 29.8 Å². The van der Waals surface area contributed by atoms with Crippen molar-refractivity contribution in [2.75, 3.05) is 4.31 Å². The molecule has 4 rings (SSSR count). The fourth-order valence-corrected chi connectivity index (χ4v) is 5.03. The number of nitrogens with zero attached hydrogens (tertiary/aromatic N) is 3. The Hall–Kier alpha value is -5.43. The maximum absolute atomic E-state index is 13.6. The van der Waals surface area contributed by atoms with E-state index in [0.717, 1.165) is 17.7 Å². The molecule has 0 N–H and O–H groups in total. The number of rotatable bonds is 8. The molecule has 0 aliphatic carbocycles. The number of carbonyl (C=O) groups is 2. The molecule has 13 heteroatoms. The van der Waals surface area contributed by atoms with Crippen molar-refractivity contribution in [2.45, 2.75) is 11.8 Å². The number of aryl methyl sites for hydroxylation is 1. The Labute approximate surface area is 227 Å². The summed E-state index contributed by atoms with van der Waals surface area (Å²) in [5.74, 6) is -1.98. The van der Waals surface area contributed by atoms with Gasteiger partial charge in [-0.3, -0.25) is 25.0 Å². The van der Waals surface area contributed by atoms with Gasteiger partial charge in [0.2, 0.25) is 0 Å².